The standard InChI is InChI=1S/C19H25N5O/c25-19(11-20-16-8-9-18-22-13-23-24(18)12-16)21-10-15-6-3-5-14-4-1-2-7-17(14)15/h1-2,4,7,13,15-16,20H,3,5-6,8-12H2,(H,21,25)/t15-,16-/m1/s1. The molecule has 1 aromatic carbocycles. The number of hydrogen-bond donors (Lipinski definition) is 2. The van der Waals surface area contributed by atoms with Gasteiger partial charge in [0, 0.05) is 24.9 Å². The number of carbonyl (C=O) groups is 1. The van der Waals surface area contributed by atoms with Crippen molar-refractivity contribution in [3.8, 4) is 0 Å². The average Bonchev–Trinajstić information content (AvgIpc) is 3.12. The second-order valence-electron chi connectivity index (χ2n) is 7.07. The van der Waals surface area contributed by atoms with Crippen LogP contribution < -0.4 is 10.6 Å². The minimum absolute atomic E-state index is 0.0763. The fourth-order valence-corrected chi connectivity index (χ4v) is 4.01. The van der Waals surface area contributed by atoms with Gasteiger partial charge < -0.3 is 10.6 Å². The zero-order valence-electron chi connectivity index (χ0n) is 14.4. The van der Waals surface area contributed by atoms with Gasteiger partial charge >= 0.3 is 0 Å². The highest BCUT2D eigenvalue weighted by Crippen LogP contribution is 2.30. The van der Waals surface area contributed by atoms with Crippen LogP contribution in [0, 0.1) is 0 Å². The molecule has 2 atom stereocenters. The second kappa shape index (κ2) is 7.35. The molecule has 0 unspecified atom stereocenters. The number of fused-ring (bicyclic) bond motifs is 2. The Labute approximate surface area is 148 Å². The van der Waals surface area contributed by atoms with Crippen molar-refractivity contribution in [1.29, 1.82) is 0 Å². The van der Waals surface area contributed by atoms with E-state index in [-0.39, 0.29) is 11.9 Å². The van der Waals surface area contributed by atoms with E-state index in [4.69, 9.17) is 0 Å². The predicted molar refractivity (Wildman–Crippen MR) is 95.3 cm³/mol. The molecule has 6 heteroatoms. The first-order valence-corrected chi connectivity index (χ1v) is 9.24. The Morgan fingerprint density at radius 3 is 3.12 bits per heavy atom. The normalized spacial score (nSPS) is 22.1. The average molecular weight is 339 g/mol. The van der Waals surface area contributed by atoms with Crippen LogP contribution in [-0.4, -0.2) is 39.8 Å². The Morgan fingerprint density at radius 2 is 2.16 bits per heavy atom. The Hall–Kier alpha value is -2.21. The smallest absolute Gasteiger partial charge is 0.233 e. The van der Waals surface area contributed by atoms with Crippen LogP contribution in [0.1, 0.15) is 42.1 Å². The first-order valence-electron chi connectivity index (χ1n) is 9.24. The van der Waals surface area contributed by atoms with Crippen LogP contribution in [0.3, 0.4) is 0 Å². The molecule has 2 N–H and O–H groups in total. The van der Waals surface area contributed by atoms with Crippen molar-refractivity contribution in [1.82, 2.24) is 25.4 Å². The fourth-order valence-electron chi connectivity index (χ4n) is 4.01. The number of nitrogens with zero attached hydrogens (tertiary/aromatic N) is 3. The van der Waals surface area contributed by atoms with Crippen molar-refractivity contribution in [2.24, 2.45) is 0 Å². The summed E-state index contributed by atoms with van der Waals surface area (Å²) in [6.07, 6.45) is 7.04. The van der Waals surface area contributed by atoms with E-state index in [9.17, 15) is 4.79 Å². The monoisotopic (exact) mass is 339 g/mol. The van der Waals surface area contributed by atoms with E-state index >= 15 is 0 Å². The number of carbonyl (C=O) groups excluding carboxylic acids is 1. The molecule has 2 aliphatic rings. The van der Waals surface area contributed by atoms with Crippen molar-refractivity contribution < 1.29 is 4.79 Å². The lowest BCUT2D eigenvalue weighted by atomic mass is 9.83. The molecule has 1 amide bonds. The molecule has 0 bridgehead atoms. The largest absolute Gasteiger partial charge is 0.354 e. The zero-order valence-corrected chi connectivity index (χ0v) is 14.4. The van der Waals surface area contributed by atoms with E-state index in [1.807, 2.05) is 4.68 Å². The van der Waals surface area contributed by atoms with E-state index in [1.165, 1.54) is 17.5 Å². The summed E-state index contributed by atoms with van der Waals surface area (Å²) < 4.78 is 1.93. The molecule has 0 spiro atoms. The topological polar surface area (TPSA) is 71.8 Å². The lowest BCUT2D eigenvalue weighted by Crippen LogP contribution is -2.44. The fraction of sp³-hybridized carbons (Fsp3) is 0.526. The molecule has 0 radical (unpaired) electrons. The van der Waals surface area contributed by atoms with Gasteiger partial charge in [0.05, 0.1) is 13.1 Å². The van der Waals surface area contributed by atoms with Gasteiger partial charge in [0.15, 0.2) is 0 Å². The van der Waals surface area contributed by atoms with Crippen molar-refractivity contribution in [2.45, 2.75) is 50.6 Å². The maximum Gasteiger partial charge on any atom is 0.233 e. The van der Waals surface area contributed by atoms with Gasteiger partial charge in [-0.2, -0.15) is 5.10 Å². The maximum absolute atomic E-state index is 12.2. The molecule has 1 aliphatic carbocycles. The zero-order chi connectivity index (χ0) is 17.1. The molecule has 1 aliphatic heterocycles. The molecule has 6 nitrogen and oxygen atoms in total. The van der Waals surface area contributed by atoms with E-state index in [0.717, 1.165) is 44.6 Å². The van der Waals surface area contributed by atoms with E-state index in [1.54, 1.807) is 6.33 Å². The van der Waals surface area contributed by atoms with Crippen molar-refractivity contribution in [3.05, 3.63) is 47.5 Å². The summed E-state index contributed by atoms with van der Waals surface area (Å²) in [4.78, 5) is 16.5. The number of hydrogen-bond acceptors (Lipinski definition) is 4. The summed E-state index contributed by atoms with van der Waals surface area (Å²) in [5, 5.41) is 10.7. The van der Waals surface area contributed by atoms with Crippen LogP contribution in [0.4, 0.5) is 0 Å². The SMILES string of the molecule is O=C(CN[C@@H]1CCc2ncnn2C1)NC[C@H]1CCCc2ccccc21. The number of rotatable bonds is 5. The highest BCUT2D eigenvalue weighted by atomic mass is 16.1. The van der Waals surface area contributed by atoms with Gasteiger partial charge in [0.2, 0.25) is 5.91 Å². The second-order valence-corrected chi connectivity index (χ2v) is 7.07. The third kappa shape index (κ3) is 3.74. The highest BCUT2D eigenvalue weighted by molar-refractivity contribution is 5.78. The van der Waals surface area contributed by atoms with E-state index in [2.05, 4.69) is 45.0 Å². The number of nitrogens with one attached hydrogen (secondary N) is 2. The van der Waals surface area contributed by atoms with Crippen LogP contribution in [0.2, 0.25) is 0 Å². The third-order valence-electron chi connectivity index (χ3n) is 5.40. The molecule has 2 heterocycles. The molecule has 0 saturated heterocycles. The molecule has 2 aromatic rings. The number of aryl methyl sites for hydroxylation is 2. The summed E-state index contributed by atoms with van der Waals surface area (Å²) in [7, 11) is 0. The van der Waals surface area contributed by atoms with Crippen molar-refractivity contribution in [2.75, 3.05) is 13.1 Å². The first-order chi connectivity index (χ1) is 12.3. The molecular formula is C19H25N5O. The summed E-state index contributed by atoms with van der Waals surface area (Å²) in [6, 6.07) is 8.92. The highest BCUT2D eigenvalue weighted by Gasteiger charge is 2.22. The van der Waals surface area contributed by atoms with Gasteiger partial charge in [0.25, 0.3) is 0 Å². The number of amides is 1. The van der Waals surface area contributed by atoms with Crippen molar-refractivity contribution in [3.63, 3.8) is 0 Å². The van der Waals surface area contributed by atoms with Gasteiger partial charge in [-0.3, -0.25) is 4.79 Å². The van der Waals surface area contributed by atoms with Gasteiger partial charge in [-0.15, -0.1) is 0 Å². The molecule has 0 saturated carbocycles. The maximum atomic E-state index is 12.2. The molecule has 1 aromatic heterocycles. The Kier molecular flexibility index (Phi) is 4.78. The van der Waals surface area contributed by atoms with Gasteiger partial charge in [0.1, 0.15) is 12.2 Å². The Morgan fingerprint density at radius 1 is 1.24 bits per heavy atom. The van der Waals surface area contributed by atoms with Crippen molar-refractivity contribution >= 4 is 5.91 Å². The molecule has 0 fully saturated rings. The lowest BCUT2D eigenvalue weighted by molar-refractivity contribution is -0.120. The van der Waals surface area contributed by atoms with Crippen LogP contribution in [0.25, 0.3) is 0 Å². The quantitative estimate of drug-likeness (QED) is 0.864. The van der Waals surface area contributed by atoms with Crippen LogP contribution in [0.5, 0.6) is 0 Å². The van der Waals surface area contributed by atoms with E-state index in [0.29, 0.717) is 12.5 Å². The molecule has 25 heavy (non-hydrogen) atoms. The Bertz CT molecular complexity index is 741. The first kappa shape index (κ1) is 16.3. The predicted octanol–water partition coefficient (Wildman–Crippen LogP) is 1.42. The minimum Gasteiger partial charge on any atom is -0.354 e. The summed E-state index contributed by atoms with van der Waals surface area (Å²) in [5.74, 6) is 1.56. The van der Waals surface area contributed by atoms with E-state index < -0.39 is 0 Å². The molecule has 4 rings (SSSR count). The number of aromatic nitrogens is 3. The minimum atomic E-state index is 0.0763. The summed E-state index contributed by atoms with van der Waals surface area (Å²) in [5.41, 5.74) is 2.85. The summed E-state index contributed by atoms with van der Waals surface area (Å²) >= 11 is 0. The van der Waals surface area contributed by atoms with Gasteiger partial charge in [-0.25, -0.2) is 9.67 Å². The van der Waals surface area contributed by atoms with Crippen LogP contribution >= 0.6 is 0 Å². The lowest BCUT2D eigenvalue weighted by Gasteiger charge is -2.26. The van der Waals surface area contributed by atoms with Crippen LogP contribution in [-0.2, 0) is 24.2 Å². The summed E-state index contributed by atoms with van der Waals surface area (Å²) in [6.45, 7) is 1.89. The van der Waals surface area contributed by atoms with Gasteiger partial charge in [-0.05, 0) is 36.8 Å². The Balaban J connectivity index is 1.24. The molecular weight excluding hydrogens is 314 g/mol. The molecule has 132 valence electrons. The number of benzene rings is 1. The van der Waals surface area contributed by atoms with Crippen LogP contribution in [0.15, 0.2) is 30.6 Å². The third-order valence-corrected chi connectivity index (χ3v) is 5.40. The van der Waals surface area contributed by atoms with Gasteiger partial charge in [-0.1, -0.05) is 24.3 Å².